The summed E-state index contributed by atoms with van der Waals surface area (Å²) in [7, 11) is 0. The Morgan fingerprint density at radius 2 is 1.90 bits per heavy atom. The number of fused-ring (bicyclic) bond motifs is 3. The van der Waals surface area contributed by atoms with Gasteiger partial charge in [0.25, 0.3) is 5.91 Å². The predicted molar refractivity (Wildman–Crippen MR) is 112 cm³/mol. The van der Waals surface area contributed by atoms with Crippen LogP contribution in [0.3, 0.4) is 0 Å². The molecule has 0 aromatic heterocycles. The van der Waals surface area contributed by atoms with E-state index in [-0.39, 0.29) is 30.7 Å². The highest BCUT2D eigenvalue weighted by Crippen LogP contribution is 2.43. The number of benzene rings is 2. The highest BCUT2D eigenvalue weighted by atomic mass is 16.2. The fourth-order valence-corrected chi connectivity index (χ4v) is 4.42. The zero-order valence-electron chi connectivity index (χ0n) is 17.0. The van der Waals surface area contributed by atoms with Gasteiger partial charge in [-0.05, 0) is 51.0 Å². The zero-order chi connectivity index (χ0) is 20.8. The van der Waals surface area contributed by atoms with E-state index in [0.717, 1.165) is 16.8 Å². The van der Waals surface area contributed by atoms with Crippen molar-refractivity contribution in [2.75, 3.05) is 16.8 Å². The lowest BCUT2D eigenvalue weighted by molar-refractivity contribution is -0.117. The van der Waals surface area contributed by atoms with Crippen molar-refractivity contribution in [3.05, 3.63) is 59.2 Å². The van der Waals surface area contributed by atoms with E-state index in [1.807, 2.05) is 51.1 Å². The smallest absolute Gasteiger partial charge is 0.257 e. The normalized spacial score (nSPS) is 20.5. The third-order valence-electron chi connectivity index (χ3n) is 5.96. The first-order chi connectivity index (χ1) is 13.8. The minimum Gasteiger partial charge on any atom is -0.326 e. The number of nitrogens with zero attached hydrogens (tertiary/aromatic N) is 2. The van der Waals surface area contributed by atoms with Crippen LogP contribution >= 0.6 is 0 Å². The van der Waals surface area contributed by atoms with Crippen LogP contribution < -0.4 is 10.2 Å². The van der Waals surface area contributed by atoms with Crippen LogP contribution in [0.15, 0.2) is 42.5 Å². The number of carbonyl (C=O) groups excluding carboxylic acids is 3. The highest BCUT2D eigenvalue weighted by molar-refractivity contribution is 6.10. The summed E-state index contributed by atoms with van der Waals surface area (Å²) < 4.78 is 0. The Labute approximate surface area is 170 Å². The number of nitrogens with one attached hydrogen (secondary N) is 1. The molecule has 2 aliphatic rings. The van der Waals surface area contributed by atoms with Gasteiger partial charge in [0.1, 0.15) is 5.66 Å². The van der Waals surface area contributed by atoms with Gasteiger partial charge >= 0.3 is 0 Å². The van der Waals surface area contributed by atoms with E-state index in [4.69, 9.17) is 0 Å². The molecule has 150 valence electrons. The molecule has 0 aliphatic carbocycles. The van der Waals surface area contributed by atoms with E-state index in [9.17, 15) is 14.4 Å². The molecule has 2 aliphatic heterocycles. The van der Waals surface area contributed by atoms with Crippen LogP contribution in [0.5, 0.6) is 0 Å². The highest BCUT2D eigenvalue weighted by Gasteiger charge is 2.52. The zero-order valence-corrected chi connectivity index (χ0v) is 17.0. The minimum atomic E-state index is -0.734. The summed E-state index contributed by atoms with van der Waals surface area (Å²) in [6.45, 7) is 6.13. The second kappa shape index (κ2) is 7.03. The van der Waals surface area contributed by atoms with Crippen LogP contribution in [0.25, 0.3) is 0 Å². The molecule has 4 rings (SSSR count). The van der Waals surface area contributed by atoms with Crippen molar-refractivity contribution in [1.82, 2.24) is 4.90 Å². The topological polar surface area (TPSA) is 69.7 Å². The van der Waals surface area contributed by atoms with Gasteiger partial charge in [-0.15, -0.1) is 0 Å². The largest absolute Gasteiger partial charge is 0.326 e. The van der Waals surface area contributed by atoms with E-state index in [2.05, 4.69) is 5.32 Å². The Morgan fingerprint density at radius 3 is 2.66 bits per heavy atom. The van der Waals surface area contributed by atoms with E-state index in [1.54, 1.807) is 21.9 Å². The van der Waals surface area contributed by atoms with Crippen molar-refractivity contribution < 1.29 is 14.4 Å². The van der Waals surface area contributed by atoms with Crippen molar-refractivity contribution in [3.63, 3.8) is 0 Å². The number of para-hydroxylation sites is 1. The first kappa shape index (κ1) is 19.2. The fourth-order valence-electron chi connectivity index (χ4n) is 4.42. The SMILES string of the molecule is Cc1ccc(NC(=O)CCN2C(=O)c3ccccc3N3C(=O)CCC23C)c(C)c1. The monoisotopic (exact) mass is 391 g/mol. The maximum atomic E-state index is 13.2. The average molecular weight is 391 g/mol. The van der Waals surface area contributed by atoms with Gasteiger partial charge in [0, 0.05) is 25.1 Å². The van der Waals surface area contributed by atoms with Gasteiger partial charge in [-0.2, -0.15) is 0 Å². The predicted octanol–water partition coefficient (Wildman–Crippen LogP) is 3.63. The molecule has 1 saturated heterocycles. The number of carbonyl (C=O) groups is 3. The summed E-state index contributed by atoms with van der Waals surface area (Å²) in [5.41, 5.74) is 3.36. The molecule has 0 spiro atoms. The quantitative estimate of drug-likeness (QED) is 0.865. The standard InChI is InChI=1S/C23H25N3O3/c1-15-8-9-18(16(2)14-15)24-20(27)11-13-25-22(29)17-6-4-5-7-19(17)26-21(28)10-12-23(25,26)3/h4-9,14H,10-13H2,1-3H3,(H,24,27). The third kappa shape index (κ3) is 3.18. The van der Waals surface area contributed by atoms with Crippen molar-refractivity contribution >= 4 is 29.1 Å². The Balaban J connectivity index is 1.54. The number of hydrogen-bond donors (Lipinski definition) is 1. The van der Waals surface area contributed by atoms with Gasteiger partial charge in [0.2, 0.25) is 11.8 Å². The molecule has 2 heterocycles. The molecule has 2 aromatic carbocycles. The molecule has 29 heavy (non-hydrogen) atoms. The first-order valence-electron chi connectivity index (χ1n) is 9.92. The summed E-state index contributed by atoms with van der Waals surface area (Å²) in [6.07, 6.45) is 1.12. The molecule has 6 nitrogen and oxygen atoms in total. The van der Waals surface area contributed by atoms with Crippen molar-refractivity contribution in [2.24, 2.45) is 0 Å². The number of hydrogen-bond acceptors (Lipinski definition) is 3. The van der Waals surface area contributed by atoms with Crippen LogP contribution in [0, 0.1) is 13.8 Å². The molecular formula is C23H25N3O3. The van der Waals surface area contributed by atoms with E-state index in [0.29, 0.717) is 24.1 Å². The summed E-state index contributed by atoms with van der Waals surface area (Å²) >= 11 is 0. The number of amides is 3. The van der Waals surface area contributed by atoms with Crippen LogP contribution in [0.1, 0.15) is 47.7 Å². The number of aryl methyl sites for hydroxylation is 2. The van der Waals surface area contributed by atoms with E-state index < -0.39 is 5.66 Å². The van der Waals surface area contributed by atoms with Gasteiger partial charge < -0.3 is 10.2 Å². The van der Waals surface area contributed by atoms with Crippen molar-refractivity contribution in [2.45, 2.75) is 45.7 Å². The maximum Gasteiger partial charge on any atom is 0.257 e. The Morgan fingerprint density at radius 1 is 1.14 bits per heavy atom. The Hall–Kier alpha value is -3.15. The Bertz CT molecular complexity index is 1020. The lowest BCUT2D eigenvalue weighted by Crippen LogP contribution is -2.62. The first-order valence-corrected chi connectivity index (χ1v) is 9.92. The van der Waals surface area contributed by atoms with Crippen LogP contribution in [0.4, 0.5) is 11.4 Å². The summed E-state index contributed by atoms with van der Waals surface area (Å²) in [4.78, 5) is 41.8. The summed E-state index contributed by atoms with van der Waals surface area (Å²) in [5.74, 6) is -0.270. The molecule has 3 amide bonds. The van der Waals surface area contributed by atoms with Gasteiger partial charge in [0.05, 0.1) is 11.3 Å². The lowest BCUT2D eigenvalue weighted by Gasteiger charge is -2.48. The molecule has 1 fully saturated rings. The Kier molecular flexibility index (Phi) is 4.65. The minimum absolute atomic E-state index is 0.0113. The number of anilines is 2. The fraction of sp³-hybridized carbons (Fsp3) is 0.348. The molecule has 6 heteroatoms. The molecular weight excluding hydrogens is 366 g/mol. The number of rotatable bonds is 4. The third-order valence-corrected chi connectivity index (χ3v) is 5.96. The van der Waals surface area contributed by atoms with Gasteiger partial charge in [-0.25, -0.2) is 0 Å². The van der Waals surface area contributed by atoms with E-state index >= 15 is 0 Å². The molecule has 0 saturated carbocycles. The van der Waals surface area contributed by atoms with Gasteiger partial charge in [-0.1, -0.05) is 29.8 Å². The van der Waals surface area contributed by atoms with E-state index in [1.165, 1.54) is 0 Å². The van der Waals surface area contributed by atoms with Crippen LogP contribution in [-0.4, -0.2) is 34.8 Å². The molecule has 1 unspecified atom stereocenters. The second-order valence-corrected chi connectivity index (χ2v) is 8.04. The van der Waals surface area contributed by atoms with Crippen LogP contribution in [0.2, 0.25) is 0 Å². The molecule has 1 atom stereocenters. The summed E-state index contributed by atoms with van der Waals surface area (Å²) in [5, 5.41) is 2.93. The van der Waals surface area contributed by atoms with Crippen molar-refractivity contribution in [3.8, 4) is 0 Å². The van der Waals surface area contributed by atoms with Crippen molar-refractivity contribution in [1.29, 1.82) is 0 Å². The average Bonchev–Trinajstić information content (AvgIpc) is 2.99. The molecule has 2 aromatic rings. The summed E-state index contributed by atoms with van der Waals surface area (Å²) in [6, 6.07) is 13.1. The van der Waals surface area contributed by atoms with Crippen LogP contribution in [-0.2, 0) is 9.59 Å². The van der Waals surface area contributed by atoms with Gasteiger partial charge in [-0.3, -0.25) is 19.3 Å². The molecule has 0 bridgehead atoms. The maximum absolute atomic E-state index is 13.2. The molecule has 0 radical (unpaired) electrons. The van der Waals surface area contributed by atoms with Gasteiger partial charge in [0.15, 0.2) is 0 Å². The molecule has 1 N–H and O–H groups in total. The lowest BCUT2D eigenvalue weighted by atomic mass is 9.98. The second-order valence-electron chi connectivity index (χ2n) is 8.04.